The molecular formula is C28H33NO9. The minimum Gasteiger partial charge on any atom is -0.469 e. The number of amides is 2. The Labute approximate surface area is 220 Å². The topological polar surface area (TPSA) is 133 Å². The molecule has 0 radical (unpaired) electrons. The monoisotopic (exact) mass is 527 g/mol. The first kappa shape index (κ1) is 26.3. The number of methoxy groups -OCH3 is 3. The quantitative estimate of drug-likeness (QED) is 0.305. The molecule has 6 atom stereocenters. The Morgan fingerprint density at radius 3 is 2.21 bits per heavy atom. The van der Waals surface area contributed by atoms with Crippen molar-refractivity contribution in [1.82, 2.24) is 4.90 Å². The van der Waals surface area contributed by atoms with E-state index in [0.29, 0.717) is 24.0 Å². The van der Waals surface area contributed by atoms with Crippen molar-refractivity contribution >= 4 is 35.5 Å². The van der Waals surface area contributed by atoms with E-state index in [4.69, 9.17) is 14.2 Å². The molecule has 10 heteroatoms. The van der Waals surface area contributed by atoms with Gasteiger partial charge in [-0.2, -0.15) is 0 Å². The van der Waals surface area contributed by atoms with Crippen molar-refractivity contribution < 1.29 is 43.0 Å². The summed E-state index contributed by atoms with van der Waals surface area (Å²) in [7, 11) is 3.70. The molecule has 5 aliphatic rings. The number of Topliss-reactive ketones (excluding diaryl/α,β-unsaturated/α-hetero) is 1. The highest BCUT2D eigenvalue weighted by molar-refractivity contribution is 6.12. The lowest BCUT2D eigenvalue weighted by molar-refractivity contribution is -0.151. The van der Waals surface area contributed by atoms with Gasteiger partial charge in [0.2, 0.25) is 11.8 Å². The number of hydrogen-bond donors (Lipinski definition) is 0. The van der Waals surface area contributed by atoms with Crippen molar-refractivity contribution in [3.8, 4) is 0 Å². The number of likely N-dealkylation sites (tertiary alicyclic amines) is 1. The fraction of sp³-hybridized carbons (Fsp3) is 0.643. The Hall–Kier alpha value is -3.30. The highest BCUT2D eigenvalue weighted by atomic mass is 16.5. The molecule has 1 saturated heterocycles. The second-order valence-electron chi connectivity index (χ2n) is 11.1. The van der Waals surface area contributed by atoms with Crippen LogP contribution in [0.2, 0.25) is 0 Å². The fourth-order valence-electron chi connectivity index (χ4n) is 8.09. The number of ketones is 1. The molecule has 1 aliphatic heterocycles. The van der Waals surface area contributed by atoms with Crippen molar-refractivity contribution in [3.05, 3.63) is 22.8 Å². The average molecular weight is 528 g/mol. The number of hydrogen-bond acceptors (Lipinski definition) is 9. The molecule has 4 aliphatic carbocycles. The summed E-state index contributed by atoms with van der Waals surface area (Å²) in [5.41, 5.74) is 0.578. The van der Waals surface area contributed by atoms with E-state index in [1.165, 1.54) is 21.3 Å². The SMILES string of the molecule is COC(=O)CN1C(=O)[C@@H]2[C@H](C1=O)[C@@H]1CC(C(=O)OC)=C[C@@H](C(=O)OC)[C@@H]3C1=C(C(=O)C31CCCCC1)[C@@H]2C. The maximum Gasteiger partial charge on any atom is 0.333 e. The van der Waals surface area contributed by atoms with E-state index >= 15 is 0 Å². The zero-order valence-electron chi connectivity index (χ0n) is 22.1. The second-order valence-corrected chi connectivity index (χ2v) is 11.1. The van der Waals surface area contributed by atoms with Crippen molar-refractivity contribution in [3.63, 3.8) is 0 Å². The zero-order valence-corrected chi connectivity index (χ0v) is 22.1. The predicted molar refractivity (Wildman–Crippen MR) is 130 cm³/mol. The smallest absolute Gasteiger partial charge is 0.333 e. The van der Waals surface area contributed by atoms with Crippen LogP contribution in [-0.2, 0) is 43.0 Å². The summed E-state index contributed by atoms with van der Waals surface area (Å²) in [5.74, 6) is -7.47. The molecule has 0 N–H and O–H groups in total. The maximum atomic E-state index is 14.4. The highest BCUT2D eigenvalue weighted by Crippen LogP contribution is 2.65. The normalized spacial score (nSPS) is 33.4. The molecular weight excluding hydrogens is 494 g/mol. The van der Waals surface area contributed by atoms with Crippen LogP contribution in [0.3, 0.4) is 0 Å². The molecule has 2 fully saturated rings. The third-order valence-corrected chi connectivity index (χ3v) is 9.62. The fourth-order valence-corrected chi connectivity index (χ4v) is 8.09. The van der Waals surface area contributed by atoms with Gasteiger partial charge in [-0.25, -0.2) is 4.79 Å². The molecule has 0 aromatic heterocycles. The summed E-state index contributed by atoms with van der Waals surface area (Å²) in [4.78, 5) is 80.9. The van der Waals surface area contributed by atoms with Crippen LogP contribution in [0, 0.1) is 40.9 Å². The lowest BCUT2D eigenvalue weighted by Crippen LogP contribution is -2.43. The Kier molecular flexibility index (Phi) is 6.55. The minimum absolute atomic E-state index is 0.0395. The molecule has 1 saturated carbocycles. The molecule has 0 aromatic rings. The van der Waals surface area contributed by atoms with Gasteiger partial charge in [0.25, 0.3) is 0 Å². The van der Waals surface area contributed by atoms with Gasteiger partial charge in [-0.15, -0.1) is 0 Å². The summed E-state index contributed by atoms with van der Waals surface area (Å²) >= 11 is 0. The number of imide groups is 1. The summed E-state index contributed by atoms with van der Waals surface area (Å²) in [5, 5.41) is 0. The number of nitrogens with zero attached hydrogens (tertiary/aromatic N) is 1. The largest absolute Gasteiger partial charge is 0.469 e. The van der Waals surface area contributed by atoms with Crippen LogP contribution in [0.25, 0.3) is 0 Å². The number of esters is 3. The van der Waals surface area contributed by atoms with E-state index in [2.05, 4.69) is 0 Å². The first-order valence-electron chi connectivity index (χ1n) is 13.2. The third kappa shape index (κ3) is 3.51. The summed E-state index contributed by atoms with van der Waals surface area (Å²) in [6.07, 6.45) is 5.39. The Balaban J connectivity index is 1.72. The predicted octanol–water partition coefficient (Wildman–Crippen LogP) is 1.76. The van der Waals surface area contributed by atoms with Crippen molar-refractivity contribution in [1.29, 1.82) is 0 Å². The van der Waals surface area contributed by atoms with E-state index in [0.717, 1.165) is 24.2 Å². The minimum atomic E-state index is -0.907. The first-order valence-corrected chi connectivity index (χ1v) is 13.2. The van der Waals surface area contributed by atoms with Gasteiger partial charge in [-0.3, -0.25) is 28.9 Å². The van der Waals surface area contributed by atoms with Crippen LogP contribution in [0.15, 0.2) is 22.8 Å². The van der Waals surface area contributed by atoms with Gasteiger partial charge in [0.05, 0.1) is 39.1 Å². The van der Waals surface area contributed by atoms with Crippen LogP contribution in [0.1, 0.15) is 45.4 Å². The molecule has 0 unspecified atom stereocenters. The van der Waals surface area contributed by atoms with Gasteiger partial charge in [-0.1, -0.05) is 37.8 Å². The lowest BCUT2D eigenvalue weighted by Gasteiger charge is -2.42. The number of ether oxygens (including phenoxy) is 3. The van der Waals surface area contributed by atoms with Crippen molar-refractivity contribution in [2.75, 3.05) is 27.9 Å². The van der Waals surface area contributed by atoms with Gasteiger partial charge in [0.1, 0.15) is 6.54 Å². The van der Waals surface area contributed by atoms with Crippen LogP contribution in [0.4, 0.5) is 0 Å². The van der Waals surface area contributed by atoms with Crippen LogP contribution >= 0.6 is 0 Å². The van der Waals surface area contributed by atoms with Crippen molar-refractivity contribution in [2.24, 2.45) is 40.9 Å². The van der Waals surface area contributed by atoms with Gasteiger partial charge in [-0.05, 0) is 36.7 Å². The number of carbonyl (C=O) groups excluding carboxylic acids is 6. The molecule has 10 nitrogen and oxygen atoms in total. The van der Waals surface area contributed by atoms with E-state index in [9.17, 15) is 28.8 Å². The maximum absolute atomic E-state index is 14.4. The highest BCUT2D eigenvalue weighted by Gasteiger charge is 2.67. The first-order chi connectivity index (χ1) is 18.1. The van der Waals surface area contributed by atoms with E-state index in [1.807, 2.05) is 0 Å². The third-order valence-electron chi connectivity index (χ3n) is 9.62. The molecule has 204 valence electrons. The molecule has 5 rings (SSSR count). The Morgan fingerprint density at radius 2 is 1.61 bits per heavy atom. The molecule has 1 spiro atoms. The summed E-state index contributed by atoms with van der Waals surface area (Å²) in [6.45, 7) is 1.27. The lowest BCUT2D eigenvalue weighted by atomic mass is 9.59. The molecule has 1 heterocycles. The number of rotatable bonds is 4. The van der Waals surface area contributed by atoms with Crippen LogP contribution in [0.5, 0.6) is 0 Å². The van der Waals surface area contributed by atoms with E-state index < -0.39 is 77.2 Å². The zero-order chi connectivity index (χ0) is 27.5. The van der Waals surface area contributed by atoms with Crippen LogP contribution < -0.4 is 0 Å². The van der Waals surface area contributed by atoms with Gasteiger partial charge in [0.15, 0.2) is 5.78 Å². The molecule has 0 bridgehead atoms. The molecule has 38 heavy (non-hydrogen) atoms. The Morgan fingerprint density at radius 1 is 0.947 bits per heavy atom. The van der Waals surface area contributed by atoms with E-state index in [1.54, 1.807) is 13.0 Å². The van der Waals surface area contributed by atoms with Gasteiger partial charge < -0.3 is 14.2 Å². The van der Waals surface area contributed by atoms with Crippen LogP contribution in [-0.4, -0.2) is 68.3 Å². The molecule has 0 aromatic carbocycles. The standard InChI is InChI=1S/C28H33NO9/c1-13-18-20-15(21-19(13)24(32)29(25(21)33)12-17(30)36-2)10-14(26(34)37-3)11-16(27(35)38-4)22(20)28(23(18)31)8-6-5-7-9-28/h11,13,15-16,19,21-22H,5-10,12H2,1-4H3/t13-,15+,16+,19-,21+,22+/m0/s1. The van der Waals surface area contributed by atoms with Crippen molar-refractivity contribution in [2.45, 2.75) is 45.4 Å². The molecule has 2 amide bonds. The van der Waals surface area contributed by atoms with Gasteiger partial charge in [0, 0.05) is 16.9 Å². The Bertz CT molecular complexity index is 1190. The number of allylic oxidation sites excluding steroid dienone is 2. The van der Waals surface area contributed by atoms with E-state index in [-0.39, 0.29) is 17.8 Å². The summed E-state index contributed by atoms with van der Waals surface area (Å²) < 4.78 is 14.9. The summed E-state index contributed by atoms with van der Waals surface area (Å²) in [6, 6.07) is 0. The average Bonchev–Trinajstić information content (AvgIpc) is 3.21. The number of carbonyl (C=O) groups is 6. The second kappa shape index (κ2) is 9.47. The van der Waals surface area contributed by atoms with Gasteiger partial charge >= 0.3 is 17.9 Å². The number of fused-ring (bicyclic) bond motifs is 3.